The molecule has 6 heteroatoms. The number of furan rings is 1. The summed E-state index contributed by atoms with van der Waals surface area (Å²) in [5.41, 5.74) is 0.564. The number of rotatable bonds is 4. The van der Waals surface area contributed by atoms with E-state index >= 15 is 0 Å². The summed E-state index contributed by atoms with van der Waals surface area (Å²) in [6.07, 6.45) is 1.60. The molecule has 1 unspecified atom stereocenters. The Morgan fingerprint density at radius 3 is 2.60 bits per heavy atom. The highest BCUT2D eigenvalue weighted by atomic mass is 32.2. The molecule has 0 aliphatic heterocycles. The molecule has 130 valence electrons. The third-order valence-corrected chi connectivity index (χ3v) is 4.57. The molecule has 0 fully saturated rings. The highest BCUT2D eigenvalue weighted by molar-refractivity contribution is 8.00. The highest BCUT2D eigenvalue weighted by Crippen LogP contribution is 2.31. The quantitative estimate of drug-likeness (QED) is 0.559. The summed E-state index contributed by atoms with van der Waals surface area (Å²) in [6.45, 7) is 7.79. The lowest BCUT2D eigenvalue weighted by atomic mass is 10.1. The Balaban J connectivity index is 1.96. The summed E-state index contributed by atoms with van der Waals surface area (Å²) >= 11 is 1.43. The molecule has 1 atom stereocenters. The minimum absolute atomic E-state index is 0.0141. The maximum absolute atomic E-state index is 12.4. The Bertz CT molecular complexity index is 885. The minimum Gasteiger partial charge on any atom is -0.461 e. The number of hydrogen-bond donors (Lipinski definition) is 1. The molecule has 0 radical (unpaired) electrons. The van der Waals surface area contributed by atoms with E-state index in [1.807, 2.05) is 58.0 Å². The lowest BCUT2D eigenvalue weighted by Gasteiger charge is -2.23. The summed E-state index contributed by atoms with van der Waals surface area (Å²) in [4.78, 5) is 21.6. The number of para-hydroxylation sites is 1. The maximum Gasteiger partial charge on any atom is 0.233 e. The largest absolute Gasteiger partial charge is 0.461 e. The van der Waals surface area contributed by atoms with Crippen LogP contribution in [0.5, 0.6) is 0 Å². The number of nitrogens with zero attached hydrogens (tertiary/aromatic N) is 2. The van der Waals surface area contributed by atoms with Crippen LogP contribution in [0.25, 0.3) is 22.5 Å². The van der Waals surface area contributed by atoms with E-state index in [2.05, 4.69) is 15.3 Å². The lowest BCUT2D eigenvalue weighted by molar-refractivity contribution is -0.121. The van der Waals surface area contributed by atoms with Crippen LogP contribution in [-0.4, -0.2) is 26.7 Å². The first-order valence-corrected chi connectivity index (χ1v) is 9.01. The summed E-state index contributed by atoms with van der Waals surface area (Å²) in [5, 5.41) is 4.43. The summed E-state index contributed by atoms with van der Waals surface area (Å²) in [7, 11) is 0. The molecule has 0 aliphatic carbocycles. The first-order chi connectivity index (χ1) is 11.8. The number of nitrogens with one attached hydrogen (secondary N) is 1. The van der Waals surface area contributed by atoms with Gasteiger partial charge in [-0.15, -0.1) is 0 Å². The zero-order valence-corrected chi connectivity index (χ0v) is 15.6. The number of benzene rings is 1. The molecular weight excluding hydrogens is 334 g/mol. The van der Waals surface area contributed by atoms with Crippen LogP contribution in [0.3, 0.4) is 0 Å². The van der Waals surface area contributed by atoms with Gasteiger partial charge in [-0.1, -0.05) is 30.0 Å². The van der Waals surface area contributed by atoms with Crippen LogP contribution >= 0.6 is 11.8 Å². The van der Waals surface area contributed by atoms with Gasteiger partial charge in [0, 0.05) is 10.9 Å². The molecule has 1 aromatic carbocycles. The minimum atomic E-state index is -0.276. The molecule has 1 amide bonds. The molecule has 5 nitrogen and oxygen atoms in total. The molecule has 0 saturated heterocycles. The van der Waals surface area contributed by atoms with E-state index in [0.717, 1.165) is 15.9 Å². The van der Waals surface area contributed by atoms with Crippen molar-refractivity contribution in [2.75, 3.05) is 0 Å². The van der Waals surface area contributed by atoms with Crippen molar-refractivity contribution in [1.82, 2.24) is 15.3 Å². The van der Waals surface area contributed by atoms with Crippen LogP contribution in [-0.2, 0) is 4.79 Å². The predicted octanol–water partition coefficient (Wildman–Crippen LogP) is 4.29. The average molecular weight is 355 g/mol. The number of fused-ring (bicyclic) bond motifs is 1. The summed E-state index contributed by atoms with van der Waals surface area (Å²) < 4.78 is 5.43. The molecule has 3 rings (SSSR count). The smallest absolute Gasteiger partial charge is 0.233 e. The number of hydrogen-bond acceptors (Lipinski definition) is 5. The van der Waals surface area contributed by atoms with E-state index in [1.165, 1.54) is 11.8 Å². The van der Waals surface area contributed by atoms with Gasteiger partial charge in [-0.2, -0.15) is 0 Å². The van der Waals surface area contributed by atoms with Crippen LogP contribution in [0, 0.1) is 0 Å². The van der Waals surface area contributed by atoms with Gasteiger partial charge in [0.1, 0.15) is 5.03 Å². The van der Waals surface area contributed by atoms with Crippen molar-refractivity contribution < 1.29 is 9.21 Å². The molecule has 1 N–H and O–H groups in total. The van der Waals surface area contributed by atoms with Crippen molar-refractivity contribution in [3.05, 3.63) is 42.7 Å². The Morgan fingerprint density at radius 2 is 1.92 bits per heavy atom. The Kier molecular flexibility index (Phi) is 4.81. The molecule has 0 saturated carbocycles. The van der Waals surface area contributed by atoms with Gasteiger partial charge in [0.05, 0.1) is 17.0 Å². The number of carbonyl (C=O) groups is 1. The van der Waals surface area contributed by atoms with Gasteiger partial charge in [0.15, 0.2) is 11.6 Å². The number of amides is 1. The fourth-order valence-corrected chi connectivity index (χ4v) is 3.29. The molecule has 3 aromatic rings. The second-order valence-electron chi connectivity index (χ2n) is 6.85. The molecule has 0 spiro atoms. The standard InChI is InChI=1S/C19H21N3O2S/c1-12(17(23)22-19(2,3)4)25-18-13-8-5-6-9-14(13)20-16(21-18)15-10-7-11-24-15/h5-12H,1-4H3,(H,22,23). The zero-order valence-electron chi connectivity index (χ0n) is 14.7. The van der Waals surface area contributed by atoms with Crippen molar-refractivity contribution in [1.29, 1.82) is 0 Å². The molecule has 0 bridgehead atoms. The number of aromatic nitrogens is 2. The van der Waals surface area contributed by atoms with E-state index in [1.54, 1.807) is 12.3 Å². The van der Waals surface area contributed by atoms with Gasteiger partial charge in [0.25, 0.3) is 0 Å². The van der Waals surface area contributed by atoms with Crippen molar-refractivity contribution >= 4 is 28.6 Å². The predicted molar refractivity (Wildman–Crippen MR) is 100 cm³/mol. The highest BCUT2D eigenvalue weighted by Gasteiger charge is 2.22. The summed E-state index contributed by atoms with van der Waals surface area (Å²) in [5.74, 6) is 1.12. The van der Waals surface area contributed by atoms with E-state index in [0.29, 0.717) is 11.6 Å². The average Bonchev–Trinajstić information content (AvgIpc) is 3.07. The van der Waals surface area contributed by atoms with E-state index in [-0.39, 0.29) is 16.7 Å². The molecule has 0 aliphatic rings. The number of thioether (sulfide) groups is 1. The lowest BCUT2D eigenvalue weighted by Crippen LogP contribution is -2.44. The van der Waals surface area contributed by atoms with Gasteiger partial charge < -0.3 is 9.73 Å². The Labute approximate surface area is 151 Å². The van der Waals surface area contributed by atoms with Gasteiger partial charge in [0.2, 0.25) is 5.91 Å². The van der Waals surface area contributed by atoms with Crippen LogP contribution in [0.15, 0.2) is 52.1 Å². The van der Waals surface area contributed by atoms with Gasteiger partial charge in [-0.3, -0.25) is 4.79 Å². The van der Waals surface area contributed by atoms with Crippen molar-refractivity contribution in [2.24, 2.45) is 0 Å². The third-order valence-electron chi connectivity index (χ3n) is 3.47. The molecule has 2 aromatic heterocycles. The molecule has 25 heavy (non-hydrogen) atoms. The summed E-state index contributed by atoms with van der Waals surface area (Å²) in [6, 6.07) is 11.4. The van der Waals surface area contributed by atoms with Gasteiger partial charge in [-0.05, 0) is 45.9 Å². The van der Waals surface area contributed by atoms with E-state index in [4.69, 9.17) is 4.42 Å². The first-order valence-electron chi connectivity index (χ1n) is 8.13. The normalized spacial score (nSPS) is 13.0. The van der Waals surface area contributed by atoms with Crippen molar-refractivity contribution in [3.63, 3.8) is 0 Å². The monoisotopic (exact) mass is 355 g/mol. The second kappa shape index (κ2) is 6.88. The Morgan fingerprint density at radius 1 is 1.16 bits per heavy atom. The molecular formula is C19H21N3O2S. The zero-order chi connectivity index (χ0) is 18.0. The topological polar surface area (TPSA) is 68.0 Å². The second-order valence-corrected chi connectivity index (χ2v) is 8.18. The van der Waals surface area contributed by atoms with Crippen LogP contribution in [0.4, 0.5) is 0 Å². The fourth-order valence-electron chi connectivity index (χ4n) is 2.35. The van der Waals surface area contributed by atoms with Crippen LogP contribution in [0.2, 0.25) is 0 Å². The number of carbonyl (C=O) groups excluding carboxylic acids is 1. The van der Waals surface area contributed by atoms with Gasteiger partial charge in [-0.25, -0.2) is 9.97 Å². The molecule has 2 heterocycles. The maximum atomic E-state index is 12.4. The Hall–Kier alpha value is -2.34. The first kappa shape index (κ1) is 17.5. The third kappa shape index (κ3) is 4.20. The van der Waals surface area contributed by atoms with Crippen LogP contribution < -0.4 is 5.32 Å². The van der Waals surface area contributed by atoms with E-state index < -0.39 is 0 Å². The van der Waals surface area contributed by atoms with Crippen LogP contribution in [0.1, 0.15) is 27.7 Å². The van der Waals surface area contributed by atoms with E-state index in [9.17, 15) is 4.79 Å². The van der Waals surface area contributed by atoms with Crippen molar-refractivity contribution in [2.45, 2.75) is 43.5 Å². The SMILES string of the molecule is CC(Sc1nc(-c2ccco2)nc2ccccc12)C(=O)NC(C)(C)C. The van der Waals surface area contributed by atoms with Crippen molar-refractivity contribution in [3.8, 4) is 11.6 Å². The fraction of sp³-hybridized carbons (Fsp3) is 0.316. The van der Waals surface area contributed by atoms with Gasteiger partial charge >= 0.3 is 0 Å².